The summed E-state index contributed by atoms with van der Waals surface area (Å²) in [5.74, 6) is 0.147. The maximum atomic E-state index is 11.7. The van der Waals surface area contributed by atoms with Gasteiger partial charge in [-0.1, -0.05) is 0 Å². The highest BCUT2D eigenvalue weighted by Crippen LogP contribution is 2.19. The summed E-state index contributed by atoms with van der Waals surface area (Å²) in [5.41, 5.74) is 0.471. The average molecular weight is 249 g/mol. The number of amides is 1. The zero-order valence-corrected chi connectivity index (χ0v) is 10.5. The summed E-state index contributed by atoms with van der Waals surface area (Å²) in [5, 5.41) is 16.5. The van der Waals surface area contributed by atoms with Crippen LogP contribution in [0.1, 0.15) is 31.3 Å². The van der Waals surface area contributed by atoms with Gasteiger partial charge in [0.2, 0.25) is 11.8 Å². The molecule has 2 aromatic heterocycles. The number of fused-ring (bicyclic) bond motifs is 1. The maximum absolute atomic E-state index is 11.7. The normalized spacial score (nSPS) is 12.6. The molecule has 0 aliphatic carbocycles. The zero-order valence-electron chi connectivity index (χ0n) is 10.5. The molecule has 2 aromatic rings. The van der Waals surface area contributed by atoms with Crippen molar-refractivity contribution < 1.29 is 9.90 Å². The van der Waals surface area contributed by atoms with Crippen molar-refractivity contribution >= 4 is 11.7 Å². The highest BCUT2D eigenvalue weighted by molar-refractivity contribution is 5.82. The lowest BCUT2D eigenvalue weighted by Crippen LogP contribution is -2.28. The molecular weight excluding hydrogens is 234 g/mol. The van der Waals surface area contributed by atoms with Crippen LogP contribution in [-0.4, -0.2) is 37.1 Å². The Kier molecular flexibility index (Phi) is 3.14. The van der Waals surface area contributed by atoms with E-state index in [1.807, 2.05) is 6.92 Å². The topological polar surface area (TPSA) is 92.4 Å². The fourth-order valence-electron chi connectivity index (χ4n) is 1.65. The van der Waals surface area contributed by atoms with Crippen LogP contribution in [0.3, 0.4) is 0 Å². The highest BCUT2D eigenvalue weighted by Gasteiger charge is 2.19. The number of nitrogens with zero attached hydrogens (tertiary/aromatic N) is 4. The minimum absolute atomic E-state index is 0.0771. The van der Waals surface area contributed by atoms with Crippen molar-refractivity contribution in [3.63, 3.8) is 0 Å². The van der Waals surface area contributed by atoms with Gasteiger partial charge in [-0.25, -0.2) is 4.98 Å². The zero-order chi connectivity index (χ0) is 13.3. The van der Waals surface area contributed by atoms with Gasteiger partial charge >= 0.3 is 0 Å². The molecule has 7 nitrogen and oxygen atoms in total. The number of aromatic nitrogens is 4. The van der Waals surface area contributed by atoms with Crippen LogP contribution in [0.5, 0.6) is 5.88 Å². The Bertz CT molecular complexity index is 592. The van der Waals surface area contributed by atoms with E-state index in [0.29, 0.717) is 23.8 Å². The fraction of sp³-hybridized carbons (Fsp3) is 0.455. The third-order valence-electron chi connectivity index (χ3n) is 2.61. The third-order valence-corrected chi connectivity index (χ3v) is 2.61. The number of aryl methyl sites for hydroxylation is 1. The van der Waals surface area contributed by atoms with Gasteiger partial charge in [0.05, 0.1) is 11.6 Å². The van der Waals surface area contributed by atoms with Gasteiger partial charge in [0.15, 0.2) is 0 Å². The Hall–Kier alpha value is -2.18. The summed E-state index contributed by atoms with van der Waals surface area (Å²) >= 11 is 0. The predicted octanol–water partition coefficient (Wildman–Crippen LogP) is 0.378. The van der Waals surface area contributed by atoms with E-state index in [9.17, 15) is 9.90 Å². The standard InChI is InChI=1S/C11H15N5O2/c1-4-12-10(18)6(2)8-5-9(17)16-11(14-8)13-7(3)15-16/h5-6,17H,4H2,1-3H3,(H,12,18). The molecule has 0 bridgehead atoms. The molecule has 2 N–H and O–H groups in total. The van der Waals surface area contributed by atoms with Crippen LogP contribution < -0.4 is 5.32 Å². The lowest BCUT2D eigenvalue weighted by Gasteiger charge is -2.10. The maximum Gasteiger partial charge on any atom is 0.255 e. The first-order chi connectivity index (χ1) is 8.52. The molecule has 0 spiro atoms. The molecule has 1 atom stereocenters. The summed E-state index contributed by atoms with van der Waals surface area (Å²) in [6, 6.07) is 1.43. The molecule has 2 rings (SSSR count). The van der Waals surface area contributed by atoms with Crippen molar-refractivity contribution in [3.05, 3.63) is 17.6 Å². The Morgan fingerprint density at radius 2 is 2.28 bits per heavy atom. The van der Waals surface area contributed by atoms with E-state index < -0.39 is 5.92 Å². The van der Waals surface area contributed by atoms with E-state index in [0.717, 1.165) is 0 Å². The molecule has 96 valence electrons. The van der Waals surface area contributed by atoms with Crippen LogP contribution in [-0.2, 0) is 4.79 Å². The van der Waals surface area contributed by atoms with Crippen LogP contribution >= 0.6 is 0 Å². The molecule has 0 saturated heterocycles. The Morgan fingerprint density at radius 3 is 2.94 bits per heavy atom. The van der Waals surface area contributed by atoms with Crippen molar-refractivity contribution in [2.75, 3.05) is 6.54 Å². The second kappa shape index (κ2) is 4.59. The van der Waals surface area contributed by atoms with Gasteiger partial charge < -0.3 is 10.4 Å². The average Bonchev–Trinajstić information content (AvgIpc) is 2.69. The molecule has 0 aliphatic rings. The molecule has 0 aromatic carbocycles. The van der Waals surface area contributed by atoms with Gasteiger partial charge in [-0.2, -0.15) is 9.50 Å². The lowest BCUT2D eigenvalue weighted by atomic mass is 10.1. The van der Waals surface area contributed by atoms with Crippen LogP contribution in [0, 0.1) is 6.92 Å². The number of nitrogens with one attached hydrogen (secondary N) is 1. The number of rotatable bonds is 3. The van der Waals surface area contributed by atoms with Crippen molar-refractivity contribution in [2.45, 2.75) is 26.7 Å². The molecule has 0 saturated carbocycles. The number of carbonyl (C=O) groups excluding carboxylic acids is 1. The van der Waals surface area contributed by atoms with E-state index in [1.165, 1.54) is 10.6 Å². The second-order valence-corrected chi connectivity index (χ2v) is 4.03. The molecule has 0 radical (unpaired) electrons. The minimum Gasteiger partial charge on any atom is -0.493 e. The predicted molar refractivity (Wildman–Crippen MR) is 64.3 cm³/mol. The summed E-state index contributed by atoms with van der Waals surface area (Å²) in [6.45, 7) is 5.84. The van der Waals surface area contributed by atoms with Crippen molar-refractivity contribution in [1.82, 2.24) is 24.9 Å². The first-order valence-corrected chi connectivity index (χ1v) is 5.74. The lowest BCUT2D eigenvalue weighted by molar-refractivity contribution is -0.122. The molecule has 1 amide bonds. The number of aromatic hydroxyl groups is 1. The summed E-state index contributed by atoms with van der Waals surface area (Å²) in [7, 11) is 0. The summed E-state index contributed by atoms with van der Waals surface area (Å²) < 4.78 is 1.24. The number of carbonyl (C=O) groups is 1. The number of likely N-dealkylation sites (N-methyl/N-ethyl adjacent to an activating group) is 1. The SMILES string of the molecule is CCNC(=O)C(C)c1cc(O)n2nc(C)nc2n1. The number of hydrogen-bond donors (Lipinski definition) is 2. The van der Waals surface area contributed by atoms with Crippen molar-refractivity contribution in [1.29, 1.82) is 0 Å². The minimum atomic E-state index is -0.446. The molecule has 7 heteroatoms. The first kappa shape index (κ1) is 12.3. The van der Waals surface area contributed by atoms with Gasteiger partial charge in [-0.3, -0.25) is 4.79 Å². The van der Waals surface area contributed by atoms with Gasteiger partial charge in [0.25, 0.3) is 5.78 Å². The van der Waals surface area contributed by atoms with E-state index in [2.05, 4.69) is 20.4 Å². The van der Waals surface area contributed by atoms with E-state index >= 15 is 0 Å². The van der Waals surface area contributed by atoms with E-state index in [4.69, 9.17) is 0 Å². The molecule has 0 aliphatic heterocycles. The second-order valence-electron chi connectivity index (χ2n) is 4.03. The molecular formula is C11H15N5O2. The molecule has 0 fully saturated rings. The van der Waals surface area contributed by atoms with E-state index in [1.54, 1.807) is 13.8 Å². The molecule has 2 heterocycles. The van der Waals surface area contributed by atoms with E-state index in [-0.39, 0.29) is 11.8 Å². The van der Waals surface area contributed by atoms with Crippen LogP contribution in [0.4, 0.5) is 0 Å². The summed E-state index contributed by atoms with van der Waals surface area (Å²) in [4.78, 5) is 20.0. The van der Waals surface area contributed by atoms with Gasteiger partial charge in [-0.05, 0) is 20.8 Å². The van der Waals surface area contributed by atoms with Crippen molar-refractivity contribution in [3.8, 4) is 5.88 Å². The van der Waals surface area contributed by atoms with Gasteiger partial charge in [0, 0.05) is 12.6 Å². The van der Waals surface area contributed by atoms with Crippen LogP contribution in [0.25, 0.3) is 5.78 Å². The monoisotopic (exact) mass is 249 g/mol. The molecule has 18 heavy (non-hydrogen) atoms. The fourth-order valence-corrected chi connectivity index (χ4v) is 1.65. The largest absolute Gasteiger partial charge is 0.493 e. The number of hydrogen-bond acceptors (Lipinski definition) is 5. The quantitative estimate of drug-likeness (QED) is 0.820. The van der Waals surface area contributed by atoms with Gasteiger partial charge in [0.1, 0.15) is 5.82 Å². The third kappa shape index (κ3) is 2.11. The van der Waals surface area contributed by atoms with Crippen molar-refractivity contribution in [2.24, 2.45) is 0 Å². The van der Waals surface area contributed by atoms with Crippen LogP contribution in [0.15, 0.2) is 6.07 Å². The Morgan fingerprint density at radius 1 is 1.56 bits per heavy atom. The molecule has 1 unspecified atom stereocenters. The summed E-state index contributed by atoms with van der Waals surface area (Å²) in [6.07, 6.45) is 0. The van der Waals surface area contributed by atoms with Gasteiger partial charge in [-0.15, -0.1) is 5.10 Å². The first-order valence-electron chi connectivity index (χ1n) is 5.74. The Labute approximate surface area is 104 Å². The highest BCUT2D eigenvalue weighted by atomic mass is 16.3. The Balaban J connectivity index is 2.42. The van der Waals surface area contributed by atoms with Crippen LogP contribution in [0.2, 0.25) is 0 Å². The smallest absolute Gasteiger partial charge is 0.255 e.